The summed E-state index contributed by atoms with van der Waals surface area (Å²) >= 11 is 0. The van der Waals surface area contributed by atoms with Crippen molar-refractivity contribution in [2.24, 2.45) is 11.8 Å². The van der Waals surface area contributed by atoms with Crippen LogP contribution in [0.2, 0.25) is 0 Å². The van der Waals surface area contributed by atoms with Gasteiger partial charge < -0.3 is 30.1 Å². The average molecular weight is 668 g/mol. The van der Waals surface area contributed by atoms with Crippen molar-refractivity contribution in [3.63, 3.8) is 0 Å². The van der Waals surface area contributed by atoms with Crippen LogP contribution in [0.5, 0.6) is 0 Å². The lowest BCUT2D eigenvalue weighted by Gasteiger charge is -2.36. The molecule has 10 nitrogen and oxygen atoms in total. The highest BCUT2D eigenvalue weighted by atomic mass is 32.3. The lowest BCUT2D eigenvalue weighted by molar-refractivity contribution is -0.141. The number of nitrogens with zero attached hydrogens (tertiary/aromatic N) is 2. The minimum atomic E-state index is -4.98. The maximum atomic E-state index is 14.2. The third-order valence-electron chi connectivity index (χ3n) is 9.24. The van der Waals surface area contributed by atoms with Crippen molar-refractivity contribution in [2.75, 3.05) is 22.8 Å². The Morgan fingerprint density at radius 1 is 1.15 bits per heavy atom. The number of rotatable bonds is 3. The second kappa shape index (κ2) is 10.7. The highest BCUT2D eigenvalue weighted by Crippen LogP contribution is 2.59. The molecule has 47 heavy (non-hydrogen) atoms. The molecule has 0 radical (unpaired) electrons. The fourth-order valence-corrected chi connectivity index (χ4v) is 9.58. The molecule has 14 heteroatoms. The fourth-order valence-electron chi connectivity index (χ4n) is 7.08. The Labute approximate surface area is 269 Å². The van der Waals surface area contributed by atoms with E-state index >= 15 is 0 Å². The first kappa shape index (κ1) is 31.1. The Kier molecular flexibility index (Phi) is 7.10. The maximum Gasteiger partial charge on any atom is 0.432 e. The van der Waals surface area contributed by atoms with Gasteiger partial charge in [-0.25, -0.2) is 4.79 Å². The molecular formula is C33H32F3N5O5S. The van der Waals surface area contributed by atoms with Crippen LogP contribution in [-0.2, 0) is 18.3 Å². The number of carboxylic acids is 1. The molecule has 2 aliphatic carbocycles. The Bertz CT molecular complexity index is 1950. The van der Waals surface area contributed by atoms with Gasteiger partial charge in [0, 0.05) is 59.2 Å². The molecular weight excluding hydrogens is 635 g/mol. The average Bonchev–Trinajstić information content (AvgIpc) is 3.67. The second-order valence-electron chi connectivity index (χ2n) is 12.8. The zero-order valence-corrected chi connectivity index (χ0v) is 26.5. The summed E-state index contributed by atoms with van der Waals surface area (Å²) in [5, 5.41) is 23.3. The van der Waals surface area contributed by atoms with E-state index in [0.29, 0.717) is 34.2 Å². The highest BCUT2D eigenvalue weighted by Gasteiger charge is 2.49. The molecule has 5 N–H and O–H groups in total. The zero-order chi connectivity index (χ0) is 33.6. The molecule has 2 aliphatic heterocycles. The molecule has 246 valence electrons. The topological polar surface area (TPSA) is 148 Å². The number of aromatic nitrogens is 2. The number of nitrogens with one attached hydrogen (secondary N) is 3. The third-order valence-corrected chi connectivity index (χ3v) is 11.8. The van der Waals surface area contributed by atoms with Gasteiger partial charge in [-0.05, 0) is 59.6 Å². The van der Waals surface area contributed by atoms with Gasteiger partial charge in [-0.1, -0.05) is 36.2 Å². The van der Waals surface area contributed by atoms with Crippen LogP contribution >= 0.6 is 10.2 Å². The molecule has 2 amide bonds. The van der Waals surface area contributed by atoms with Crippen molar-refractivity contribution in [3.8, 4) is 0 Å². The number of carbonyl (C=O) groups is 3. The van der Waals surface area contributed by atoms with Crippen LogP contribution in [0.25, 0.3) is 11.6 Å². The van der Waals surface area contributed by atoms with E-state index < -0.39 is 45.6 Å². The molecule has 0 fully saturated rings. The number of fused-ring (bicyclic) bond motifs is 4. The Balaban J connectivity index is 1.13. The molecule has 0 bridgehead atoms. The van der Waals surface area contributed by atoms with Gasteiger partial charge in [-0.15, -0.1) is 0 Å². The van der Waals surface area contributed by atoms with Gasteiger partial charge in [0.15, 0.2) is 0 Å². The summed E-state index contributed by atoms with van der Waals surface area (Å²) in [5.41, 5.74) is 2.27. The van der Waals surface area contributed by atoms with Gasteiger partial charge in [-0.2, -0.15) is 13.2 Å². The monoisotopic (exact) mass is 667 g/mol. The van der Waals surface area contributed by atoms with Crippen LogP contribution < -0.4 is 10.0 Å². The maximum absolute atomic E-state index is 14.2. The summed E-state index contributed by atoms with van der Waals surface area (Å²) in [4.78, 5) is 47.5. The van der Waals surface area contributed by atoms with Crippen molar-refractivity contribution in [1.29, 1.82) is 0 Å². The van der Waals surface area contributed by atoms with Gasteiger partial charge in [0.2, 0.25) is 0 Å². The standard InChI is InChI=1S/C33H32F3N5O5S/c1-15-4-5-17-9-18(12-37-22(17)8-15)30(43)38-20-6-7-21-19(10-20)14-47(3,40-21)32(46)41-13-16(2)25-23(41)11-24(42)28-26(25)27(31(44)45)29(39-28)33(34,35)36/h4-7,9-10,12,15-16,24,39-40,42H,8,11,13-14H2,1-3H3,(H,38,43)(H,44,45). The Morgan fingerprint density at radius 2 is 1.91 bits per heavy atom. The van der Waals surface area contributed by atoms with Gasteiger partial charge >= 0.3 is 12.1 Å². The van der Waals surface area contributed by atoms with E-state index in [4.69, 9.17) is 0 Å². The number of hydrogen-bond donors (Lipinski definition) is 5. The molecule has 4 aliphatic rings. The lowest BCUT2D eigenvalue weighted by atomic mass is 9.85. The predicted molar refractivity (Wildman–Crippen MR) is 172 cm³/mol. The number of aliphatic hydroxyl groups excluding tert-OH is 1. The van der Waals surface area contributed by atoms with Gasteiger partial charge in [0.1, 0.15) is 5.69 Å². The van der Waals surface area contributed by atoms with Crippen LogP contribution in [0.3, 0.4) is 0 Å². The summed E-state index contributed by atoms with van der Waals surface area (Å²) in [7, 11) is -2.26. The van der Waals surface area contributed by atoms with Crippen molar-refractivity contribution in [1.82, 2.24) is 14.9 Å². The SMILES string of the molecule is CC1C=Cc2cc(C(=O)Nc3ccc4c(c3)CS(C)(C(=O)N3CC(C)C5=C3CC(O)c3[nH]c(C(F)(F)F)c(C(=O)O)c35)N4)cnc2C1. The molecule has 4 atom stereocenters. The minimum absolute atomic E-state index is 0.131. The number of aromatic carboxylic acids is 1. The molecule has 0 saturated carbocycles. The molecule has 1 aromatic carbocycles. The number of halogens is 3. The van der Waals surface area contributed by atoms with Crippen molar-refractivity contribution >= 4 is 50.4 Å². The molecule has 0 spiro atoms. The number of H-pyrrole nitrogens is 1. The van der Waals surface area contributed by atoms with Gasteiger partial charge in [-0.3, -0.25) is 14.6 Å². The van der Waals surface area contributed by atoms with Gasteiger partial charge in [0.05, 0.1) is 22.9 Å². The largest absolute Gasteiger partial charge is 0.478 e. The number of allylic oxidation sites excluding steroid dienone is 1. The number of aromatic amines is 1. The lowest BCUT2D eigenvalue weighted by Crippen LogP contribution is -2.34. The number of benzene rings is 1. The zero-order valence-electron chi connectivity index (χ0n) is 25.7. The van der Waals surface area contributed by atoms with Crippen molar-refractivity contribution in [2.45, 2.75) is 44.7 Å². The summed E-state index contributed by atoms with van der Waals surface area (Å²) < 4.78 is 44.8. The first-order valence-electron chi connectivity index (χ1n) is 15.1. The number of amides is 2. The minimum Gasteiger partial charge on any atom is -0.478 e. The predicted octanol–water partition coefficient (Wildman–Crippen LogP) is 6.78. The number of alkyl halides is 3. The van der Waals surface area contributed by atoms with Crippen LogP contribution in [0.4, 0.5) is 29.3 Å². The van der Waals surface area contributed by atoms with Crippen LogP contribution in [0.1, 0.15) is 80.9 Å². The van der Waals surface area contributed by atoms with Gasteiger partial charge in [0.25, 0.3) is 11.1 Å². The van der Waals surface area contributed by atoms with E-state index in [-0.39, 0.29) is 35.4 Å². The number of carbonyl (C=O) groups excluding carboxylic acids is 2. The summed E-state index contributed by atoms with van der Waals surface area (Å²) in [6.45, 7) is 3.97. The van der Waals surface area contributed by atoms with Crippen LogP contribution in [0.15, 0.2) is 42.2 Å². The molecule has 0 saturated heterocycles. The number of aliphatic hydroxyl groups is 1. The summed E-state index contributed by atoms with van der Waals surface area (Å²) in [6, 6.07) is 7.15. The molecule has 4 unspecified atom stereocenters. The number of anilines is 2. The van der Waals surface area contributed by atoms with Crippen LogP contribution in [0, 0.1) is 11.8 Å². The highest BCUT2D eigenvalue weighted by molar-refractivity contribution is 8.45. The van der Waals surface area contributed by atoms with Crippen molar-refractivity contribution < 1.29 is 37.8 Å². The van der Waals surface area contributed by atoms with E-state index in [1.165, 1.54) is 4.90 Å². The number of pyridine rings is 1. The van der Waals surface area contributed by atoms with E-state index in [1.807, 2.05) is 18.2 Å². The Morgan fingerprint density at radius 3 is 2.64 bits per heavy atom. The quantitative estimate of drug-likeness (QED) is 0.207. The molecule has 4 heterocycles. The van der Waals surface area contributed by atoms with Crippen LogP contribution in [-0.4, -0.2) is 55.0 Å². The van der Waals surface area contributed by atoms with E-state index in [2.05, 4.69) is 33.0 Å². The summed E-state index contributed by atoms with van der Waals surface area (Å²) in [6.07, 6.45) is 1.68. The second-order valence-corrected chi connectivity index (χ2v) is 15.8. The summed E-state index contributed by atoms with van der Waals surface area (Å²) in [5.74, 6) is -1.83. The molecule has 2 aromatic heterocycles. The first-order chi connectivity index (χ1) is 22.1. The van der Waals surface area contributed by atoms with E-state index in [9.17, 15) is 37.8 Å². The normalized spacial score (nSPS) is 25.7. The number of carboxylic acid groups (broad SMARTS) is 1. The third kappa shape index (κ3) is 5.10. The molecule has 7 rings (SSSR count). The molecule has 3 aromatic rings. The van der Waals surface area contributed by atoms with E-state index in [0.717, 1.165) is 28.9 Å². The number of hydrogen-bond acceptors (Lipinski definition) is 6. The first-order valence-corrected chi connectivity index (χ1v) is 17.3. The fraction of sp³-hybridized carbons (Fsp3) is 0.333. The smallest absolute Gasteiger partial charge is 0.432 e. The van der Waals surface area contributed by atoms with E-state index in [1.54, 1.807) is 31.5 Å². The van der Waals surface area contributed by atoms with Crippen molar-refractivity contribution in [3.05, 3.63) is 87.1 Å². The Hall–Kier alpha value is -4.56.